The Balaban J connectivity index is 5.79. The maximum Gasteiger partial charge on any atom is 0.469 e. The number of aliphatic imine (C=N–C) groups is 3. The van der Waals surface area contributed by atoms with Crippen molar-refractivity contribution in [1.82, 2.24) is 16.0 Å². The van der Waals surface area contributed by atoms with Gasteiger partial charge in [-0.25, -0.2) is 9.36 Å². The lowest BCUT2D eigenvalue weighted by Gasteiger charge is -2.25. The lowest BCUT2D eigenvalue weighted by atomic mass is 10.1. The number of phosphoric ester groups is 1. The highest BCUT2D eigenvalue weighted by molar-refractivity contribution is 7.46. The number of carboxylic acids is 1. The number of nitrogens with zero attached hydrogens (tertiary/aromatic N) is 3. The van der Waals surface area contributed by atoms with Crippen LogP contribution in [0.3, 0.4) is 0 Å². The molecular formula is C21H44N13O9P. The lowest BCUT2D eigenvalue weighted by molar-refractivity contribution is -0.142. The Bertz CT molecular complexity index is 1090. The van der Waals surface area contributed by atoms with Crippen molar-refractivity contribution < 1.29 is 43.2 Å². The van der Waals surface area contributed by atoms with Gasteiger partial charge in [0.15, 0.2) is 17.9 Å². The standard InChI is InChI=1S/C21H44N13O9P/c22-11(4-1-7-29-19(23)24)15(35)34-14(10-43-44(40,41)42)17(37)32-12(5-2-8-30-20(25)26)16(36)33-13(18(38)39)6-3-9-31-21(27)28/h11-14H,1-10,22H2,(H,32,37)(H,33,36)(H,34,35)(H,38,39)(H4,23,24,29)(H4,25,26,30)(H4,27,28,31)(H2,40,41,42)/t11-,12-,13-,14-/m0/s1. The molecular weight excluding hydrogens is 609 g/mol. The van der Waals surface area contributed by atoms with Crippen LogP contribution in [0.5, 0.6) is 0 Å². The molecule has 0 aromatic rings. The van der Waals surface area contributed by atoms with Gasteiger partial charge in [-0.2, -0.15) is 0 Å². The first kappa shape index (κ1) is 39.8. The fraction of sp³-hybridized carbons (Fsp3) is 0.667. The second-order valence-electron chi connectivity index (χ2n) is 9.26. The Morgan fingerprint density at radius 3 is 1.48 bits per heavy atom. The van der Waals surface area contributed by atoms with Crippen molar-refractivity contribution in [2.45, 2.75) is 62.7 Å². The van der Waals surface area contributed by atoms with Gasteiger partial charge in [0.2, 0.25) is 17.7 Å². The van der Waals surface area contributed by atoms with E-state index in [-0.39, 0.29) is 76.0 Å². The summed E-state index contributed by atoms with van der Waals surface area (Å²) in [5.74, 6) is -4.86. The summed E-state index contributed by atoms with van der Waals surface area (Å²) in [5, 5.41) is 16.4. The van der Waals surface area contributed by atoms with Crippen LogP contribution in [-0.4, -0.2) is 107 Å². The Morgan fingerprint density at radius 2 is 1.05 bits per heavy atom. The summed E-state index contributed by atoms with van der Waals surface area (Å²) in [7, 11) is -5.10. The molecule has 0 bridgehead atoms. The molecule has 0 aliphatic carbocycles. The molecule has 0 radical (unpaired) electrons. The zero-order valence-electron chi connectivity index (χ0n) is 24.0. The summed E-state index contributed by atoms with van der Waals surface area (Å²) in [4.78, 5) is 80.1. The van der Waals surface area contributed by atoms with Gasteiger partial charge in [0, 0.05) is 19.6 Å². The first-order valence-electron chi connectivity index (χ1n) is 13.2. The van der Waals surface area contributed by atoms with Crippen LogP contribution < -0.4 is 56.1 Å². The smallest absolute Gasteiger partial charge is 0.469 e. The van der Waals surface area contributed by atoms with Gasteiger partial charge in [-0.05, 0) is 38.5 Å². The van der Waals surface area contributed by atoms with Crippen LogP contribution in [0.1, 0.15) is 38.5 Å². The van der Waals surface area contributed by atoms with Crippen molar-refractivity contribution in [1.29, 1.82) is 0 Å². The van der Waals surface area contributed by atoms with Gasteiger partial charge in [-0.15, -0.1) is 0 Å². The number of nitrogens with one attached hydrogen (secondary N) is 3. The van der Waals surface area contributed by atoms with E-state index in [1.54, 1.807) is 0 Å². The number of rotatable bonds is 22. The van der Waals surface area contributed by atoms with E-state index in [0.717, 1.165) is 0 Å². The number of phosphoric acid groups is 1. The van der Waals surface area contributed by atoms with E-state index < -0.39 is 62.3 Å². The minimum atomic E-state index is -5.10. The van der Waals surface area contributed by atoms with Crippen molar-refractivity contribution in [3.05, 3.63) is 0 Å². The molecule has 0 rings (SSSR count). The highest BCUT2D eigenvalue weighted by atomic mass is 31.2. The minimum Gasteiger partial charge on any atom is -0.480 e. The molecule has 0 aliphatic heterocycles. The third kappa shape index (κ3) is 19.8. The predicted octanol–water partition coefficient (Wildman–Crippen LogP) is -5.88. The first-order valence-corrected chi connectivity index (χ1v) is 14.7. The summed E-state index contributed by atoms with van der Waals surface area (Å²) in [6, 6.07) is -5.71. The van der Waals surface area contributed by atoms with E-state index in [9.17, 15) is 28.8 Å². The molecule has 0 fully saturated rings. The van der Waals surface area contributed by atoms with E-state index in [1.165, 1.54) is 0 Å². The van der Waals surface area contributed by atoms with Gasteiger partial charge in [0.05, 0.1) is 12.6 Å². The molecule has 0 aromatic carbocycles. The molecule has 0 saturated carbocycles. The van der Waals surface area contributed by atoms with Crippen molar-refractivity contribution in [2.75, 3.05) is 26.2 Å². The van der Waals surface area contributed by atoms with Crippen molar-refractivity contribution in [3.63, 3.8) is 0 Å². The van der Waals surface area contributed by atoms with Crippen LogP contribution in [0.4, 0.5) is 0 Å². The molecule has 22 nitrogen and oxygen atoms in total. The number of amides is 3. The second-order valence-corrected chi connectivity index (χ2v) is 10.5. The van der Waals surface area contributed by atoms with E-state index in [2.05, 4.69) is 35.5 Å². The molecule has 23 heteroatoms. The van der Waals surface area contributed by atoms with Crippen LogP contribution in [-0.2, 0) is 28.3 Å². The average Bonchev–Trinajstić information content (AvgIpc) is 2.90. The van der Waals surface area contributed by atoms with Gasteiger partial charge in [-0.3, -0.25) is 33.9 Å². The maximum atomic E-state index is 13.2. The summed E-state index contributed by atoms with van der Waals surface area (Å²) < 4.78 is 15.7. The molecule has 0 aliphatic rings. The minimum absolute atomic E-state index is 0.0407. The first-order chi connectivity index (χ1) is 20.4. The van der Waals surface area contributed by atoms with E-state index in [1.807, 2.05) is 0 Å². The van der Waals surface area contributed by atoms with Crippen LogP contribution in [0.2, 0.25) is 0 Å². The predicted molar refractivity (Wildman–Crippen MR) is 159 cm³/mol. The van der Waals surface area contributed by atoms with Crippen molar-refractivity contribution in [3.8, 4) is 0 Å². The highest BCUT2D eigenvalue weighted by Crippen LogP contribution is 2.35. The van der Waals surface area contributed by atoms with Gasteiger partial charge < -0.3 is 71.0 Å². The summed E-state index contributed by atoms with van der Waals surface area (Å²) in [5.41, 5.74) is 37.4. The normalized spacial score (nSPS) is 13.7. The van der Waals surface area contributed by atoms with Crippen LogP contribution in [0, 0.1) is 0 Å². The third-order valence-electron chi connectivity index (χ3n) is 5.48. The zero-order chi connectivity index (χ0) is 33.9. The number of carbonyl (C=O) groups is 4. The number of carboxylic acid groups (broad SMARTS) is 1. The maximum absolute atomic E-state index is 13.2. The summed E-state index contributed by atoms with van der Waals surface area (Å²) in [6.07, 6.45) is 0.510. The lowest BCUT2D eigenvalue weighted by Crippen LogP contribution is -2.58. The Morgan fingerprint density at radius 1 is 0.659 bits per heavy atom. The molecule has 44 heavy (non-hydrogen) atoms. The highest BCUT2D eigenvalue weighted by Gasteiger charge is 2.31. The van der Waals surface area contributed by atoms with Gasteiger partial charge in [0.25, 0.3) is 0 Å². The fourth-order valence-electron chi connectivity index (χ4n) is 3.36. The SMILES string of the molecule is NC(N)=NCCC[C@H](NC(=O)[C@H](CCCN=C(N)N)NC(=O)[C@H](COP(=O)(O)O)NC(=O)[C@@H](N)CCCN=C(N)N)C(=O)O. The molecule has 0 spiro atoms. The second kappa shape index (κ2) is 20.6. The molecule has 0 heterocycles. The Kier molecular flexibility index (Phi) is 18.6. The molecule has 3 amide bonds. The molecule has 252 valence electrons. The van der Waals surface area contributed by atoms with Crippen molar-refractivity contribution in [2.24, 2.45) is 55.1 Å². The number of hydrogen-bond donors (Lipinski definition) is 13. The number of carbonyl (C=O) groups excluding carboxylic acids is 3. The fourth-order valence-corrected chi connectivity index (χ4v) is 3.70. The Labute approximate surface area is 252 Å². The quantitative estimate of drug-likeness (QED) is 0.0224. The van der Waals surface area contributed by atoms with E-state index >= 15 is 0 Å². The van der Waals surface area contributed by atoms with E-state index in [4.69, 9.17) is 49.9 Å². The molecule has 0 aromatic heterocycles. The van der Waals surface area contributed by atoms with Gasteiger partial charge >= 0.3 is 13.8 Å². The van der Waals surface area contributed by atoms with Crippen LogP contribution in [0.25, 0.3) is 0 Å². The summed E-state index contributed by atoms with van der Waals surface area (Å²) in [6.45, 7) is -0.707. The van der Waals surface area contributed by atoms with Gasteiger partial charge in [0.1, 0.15) is 18.1 Å². The molecule has 0 saturated heterocycles. The number of nitrogens with two attached hydrogens (primary N) is 7. The number of hydrogen-bond acceptors (Lipinski definition) is 10. The molecule has 0 unspecified atom stereocenters. The topological polar surface area (TPSA) is 411 Å². The van der Waals surface area contributed by atoms with E-state index in [0.29, 0.717) is 0 Å². The van der Waals surface area contributed by atoms with Crippen LogP contribution >= 0.6 is 7.82 Å². The Hall–Kier alpha value is -4.24. The molecule has 20 N–H and O–H groups in total. The van der Waals surface area contributed by atoms with Gasteiger partial charge in [-0.1, -0.05) is 0 Å². The molecule has 4 atom stereocenters. The monoisotopic (exact) mass is 653 g/mol. The van der Waals surface area contributed by atoms with Crippen molar-refractivity contribution >= 4 is 49.4 Å². The van der Waals surface area contributed by atoms with Crippen LogP contribution in [0.15, 0.2) is 15.0 Å². The zero-order valence-corrected chi connectivity index (χ0v) is 24.9. The number of aliphatic carboxylic acids is 1. The third-order valence-corrected chi connectivity index (χ3v) is 5.97. The summed E-state index contributed by atoms with van der Waals surface area (Å²) >= 11 is 0. The average molecular weight is 654 g/mol. The largest absolute Gasteiger partial charge is 0.480 e. The number of guanidine groups is 3.